The Kier molecular flexibility index (Phi) is 6.35. The van der Waals surface area contributed by atoms with E-state index in [-0.39, 0.29) is 5.75 Å². The quantitative estimate of drug-likeness (QED) is 0.152. The van der Waals surface area contributed by atoms with Gasteiger partial charge in [0.15, 0.2) is 4.34 Å². The van der Waals surface area contributed by atoms with Gasteiger partial charge in [0.25, 0.3) is 0 Å². The maximum atomic E-state index is 9.95. The Balaban J connectivity index is 1.50. The number of nitrogens with zero attached hydrogens (tertiary/aromatic N) is 2. The summed E-state index contributed by atoms with van der Waals surface area (Å²) in [4.78, 5) is 9.23. The monoisotopic (exact) mass is 580 g/mol. The SMILES string of the molecule is Oc1ccc(I)cc1C=Nc1ccc2nc(SCc3ccc(Br)cc3)sc2c1. The predicted molar refractivity (Wildman–Crippen MR) is 131 cm³/mol. The number of phenols is 1. The Morgan fingerprint density at radius 3 is 2.75 bits per heavy atom. The van der Waals surface area contributed by atoms with Crippen molar-refractivity contribution in [2.75, 3.05) is 0 Å². The third kappa shape index (κ3) is 4.94. The van der Waals surface area contributed by atoms with E-state index in [0.717, 1.165) is 34.0 Å². The number of thiazole rings is 1. The molecule has 0 atom stereocenters. The Hall–Kier alpha value is -1.42. The molecule has 7 heteroatoms. The molecule has 0 unspecified atom stereocenters. The first-order chi connectivity index (χ1) is 13.6. The molecular weight excluding hydrogens is 567 g/mol. The number of aliphatic imine (C=N–C) groups is 1. The normalized spacial score (nSPS) is 11.5. The summed E-state index contributed by atoms with van der Waals surface area (Å²) in [5.41, 5.74) is 3.82. The predicted octanol–water partition coefficient (Wildman–Crippen LogP) is 7.41. The van der Waals surface area contributed by atoms with Gasteiger partial charge in [0.1, 0.15) is 5.75 Å². The van der Waals surface area contributed by atoms with Crippen molar-refractivity contribution in [3.05, 3.63) is 79.8 Å². The number of hydrogen-bond donors (Lipinski definition) is 1. The van der Waals surface area contributed by atoms with Gasteiger partial charge in [-0.3, -0.25) is 4.99 Å². The number of aromatic nitrogens is 1. The Bertz CT molecular complexity index is 1160. The highest BCUT2D eigenvalue weighted by molar-refractivity contribution is 14.1. The topological polar surface area (TPSA) is 45.5 Å². The van der Waals surface area contributed by atoms with Crippen molar-refractivity contribution in [3.63, 3.8) is 0 Å². The second-order valence-corrected chi connectivity index (χ2v) is 10.4. The molecule has 0 saturated heterocycles. The van der Waals surface area contributed by atoms with Gasteiger partial charge in [-0.2, -0.15) is 0 Å². The zero-order valence-electron chi connectivity index (χ0n) is 14.5. The fourth-order valence-corrected chi connectivity index (χ4v) is 5.37. The van der Waals surface area contributed by atoms with Crippen LogP contribution >= 0.6 is 61.6 Å². The Labute approximate surface area is 193 Å². The third-order valence-electron chi connectivity index (χ3n) is 3.97. The summed E-state index contributed by atoms with van der Waals surface area (Å²) in [5, 5.41) is 9.95. The maximum absolute atomic E-state index is 9.95. The number of hydrogen-bond acceptors (Lipinski definition) is 5. The minimum absolute atomic E-state index is 0.231. The molecule has 0 fully saturated rings. The zero-order chi connectivity index (χ0) is 19.5. The molecule has 1 aromatic heterocycles. The summed E-state index contributed by atoms with van der Waals surface area (Å²) in [7, 11) is 0. The van der Waals surface area contributed by atoms with Crippen LogP contribution in [0.4, 0.5) is 5.69 Å². The van der Waals surface area contributed by atoms with E-state index >= 15 is 0 Å². The summed E-state index contributed by atoms with van der Waals surface area (Å²) in [6, 6.07) is 19.8. The van der Waals surface area contributed by atoms with Crippen LogP contribution in [0.15, 0.2) is 74.5 Å². The van der Waals surface area contributed by atoms with Crippen LogP contribution < -0.4 is 0 Å². The lowest BCUT2D eigenvalue weighted by Gasteiger charge is -1.99. The number of rotatable bonds is 5. The summed E-state index contributed by atoms with van der Waals surface area (Å²) in [6.45, 7) is 0. The van der Waals surface area contributed by atoms with E-state index in [1.807, 2.05) is 30.3 Å². The van der Waals surface area contributed by atoms with Crippen molar-refractivity contribution in [3.8, 4) is 5.75 Å². The number of fused-ring (bicyclic) bond motifs is 1. The van der Waals surface area contributed by atoms with Crippen molar-refractivity contribution < 1.29 is 5.11 Å². The minimum atomic E-state index is 0.231. The number of aromatic hydroxyl groups is 1. The standard InChI is InChI=1S/C21H14BrIN2OS2/c22-15-3-1-13(2-4-15)12-27-21-25-18-7-6-17(10-20(18)28-21)24-11-14-9-16(23)5-8-19(14)26/h1-11,26H,12H2. The first kappa shape index (κ1) is 19.9. The van der Waals surface area contributed by atoms with Crippen LogP contribution in [0.2, 0.25) is 0 Å². The fraction of sp³-hybridized carbons (Fsp3) is 0.0476. The van der Waals surface area contributed by atoms with E-state index in [4.69, 9.17) is 4.98 Å². The molecular formula is C21H14BrIN2OS2. The van der Waals surface area contributed by atoms with Gasteiger partial charge >= 0.3 is 0 Å². The van der Waals surface area contributed by atoms with Gasteiger partial charge in [-0.15, -0.1) is 11.3 Å². The average molecular weight is 581 g/mol. The summed E-state index contributed by atoms with van der Waals surface area (Å²) in [5.74, 6) is 1.12. The van der Waals surface area contributed by atoms with Gasteiger partial charge in [0.05, 0.1) is 15.9 Å². The highest BCUT2D eigenvalue weighted by Crippen LogP contribution is 2.33. The summed E-state index contributed by atoms with van der Waals surface area (Å²) < 4.78 is 4.31. The highest BCUT2D eigenvalue weighted by Gasteiger charge is 2.06. The van der Waals surface area contributed by atoms with Crippen molar-refractivity contribution in [1.29, 1.82) is 0 Å². The van der Waals surface area contributed by atoms with E-state index in [9.17, 15) is 5.11 Å². The number of phenolic OH excluding ortho intramolecular Hbond substituents is 1. The minimum Gasteiger partial charge on any atom is -0.507 e. The lowest BCUT2D eigenvalue weighted by Crippen LogP contribution is -1.83. The molecule has 3 aromatic carbocycles. The van der Waals surface area contributed by atoms with E-state index in [0.29, 0.717) is 5.56 Å². The molecule has 0 saturated carbocycles. The molecule has 0 bridgehead atoms. The molecule has 1 N–H and O–H groups in total. The molecule has 0 aliphatic carbocycles. The van der Waals surface area contributed by atoms with E-state index < -0.39 is 0 Å². The van der Waals surface area contributed by atoms with Gasteiger partial charge in [0, 0.05) is 25.6 Å². The molecule has 0 spiro atoms. The molecule has 0 amide bonds. The largest absolute Gasteiger partial charge is 0.507 e. The van der Waals surface area contributed by atoms with Crippen LogP contribution in [0.1, 0.15) is 11.1 Å². The molecule has 140 valence electrons. The van der Waals surface area contributed by atoms with Crippen LogP contribution in [0.3, 0.4) is 0 Å². The maximum Gasteiger partial charge on any atom is 0.151 e. The van der Waals surface area contributed by atoms with Crippen molar-refractivity contribution >= 4 is 83.7 Å². The van der Waals surface area contributed by atoms with Gasteiger partial charge in [-0.1, -0.05) is 39.8 Å². The van der Waals surface area contributed by atoms with Crippen LogP contribution in [0.25, 0.3) is 10.2 Å². The zero-order valence-corrected chi connectivity index (χ0v) is 19.8. The van der Waals surface area contributed by atoms with E-state index in [2.05, 4.69) is 67.8 Å². The molecule has 3 nitrogen and oxygen atoms in total. The van der Waals surface area contributed by atoms with Crippen molar-refractivity contribution in [1.82, 2.24) is 4.98 Å². The second kappa shape index (κ2) is 8.94. The van der Waals surface area contributed by atoms with Gasteiger partial charge in [-0.25, -0.2) is 4.98 Å². The van der Waals surface area contributed by atoms with Crippen LogP contribution in [-0.2, 0) is 5.75 Å². The summed E-state index contributed by atoms with van der Waals surface area (Å²) >= 11 is 9.11. The summed E-state index contributed by atoms with van der Waals surface area (Å²) in [6.07, 6.45) is 1.70. The van der Waals surface area contributed by atoms with E-state index in [1.54, 1.807) is 35.4 Å². The smallest absolute Gasteiger partial charge is 0.151 e. The van der Waals surface area contributed by atoms with E-state index in [1.165, 1.54) is 5.56 Å². The molecule has 4 rings (SSSR count). The molecule has 0 aliphatic rings. The van der Waals surface area contributed by atoms with Gasteiger partial charge in [-0.05, 0) is 76.7 Å². The third-order valence-corrected chi connectivity index (χ3v) is 7.40. The van der Waals surface area contributed by atoms with Crippen molar-refractivity contribution in [2.45, 2.75) is 10.1 Å². The highest BCUT2D eigenvalue weighted by atomic mass is 127. The number of benzene rings is 3. The average Bonchev–Trinajstić information content (AvgIpc) is 3.10. The lowest BCUT2D eigenvalue weighted by atomic mass is 10.2. The first-order valence-corrected chi connectivity index (χ1v) is 12.0. The van der Waals surface area contributed by atoms with Crippen LogP contribution in [0, 0.1) is 3.57 Å². The Morgan fingerprint density at radius 2 is 1.93 bits per heavy atom. The Morgan fingerprint density at radius 1 is 1.11 bits per heavy atom. The molecule has 28 heavy (non-hydrogen) atoms. The van der Waals surface area contributed by atoms with Crippen molar-refractivity contribution in [2.24, 2.45) is 4.99 Å². The van der Waals surface area contributed by atoms with Crippen LogP contribution in [-0.4, -0.2) is 16.3 Å². The van der Waals surface area contributed by atoms with Gasteiger partial charge in [0.2, 0.25) is 0 Å². The van der Waals surface area contributed by atoms with Crippen LogP contribution in [0.5, 0.6) is 5.75 Å². The fourth-order valence-electron chi connectivity index (χ4n) is 2.53. The molecule has 4 aromatic rings. The second-order valence-electron chi connectivity index (χ2n) is 6.01. The number of thioether (sulfide) groups is 1. The van der Waals surface area contributed by atoms with Gasteiger partial charge < -0.3 is 5.11 Å². The lowest BCUT2D eigenvalue weighted by molar-refractivity contribution is 0.474. The number of halogens is 2. The molecule has 1 heterocycles. The first-order valence-electron chi connectivity index (χ1n) is 8.37. The molecule has 0 aliphatic heterocycles. The molecule has 0 radical (unpaired) electrons.